The Morgan fingerprint density at radius 3 is 2.62 bits per heavy atom. The summed E-state index contributed by atoms with van der Waals surface area (Å²) >= 11 is 0. The molecule has 1 amide bonds. The lowest BCUT2D eigenvalue weighted by molar-refractivity contribution is -0.119. The summed E-state index contributed by atoms with van der Waals surface area (Å²) in [4.78, 5) is 11.2. The first-order chi connectivity index (χ1) is 11.7. The Balaban J connectivity index is 1.51. The molecular formula is C20H30N2O2. The summed E-state index contributed by atoms with van der Waals surface area (Å²) in [7, 11) is 1.74. The predicted molar refractivity (Wildman–Crippen MR) is 96.5 cm³/mol. The number of nitrogens with one attached hydrogen (secondary N) is 2. The minimum Gasteiger partial charge on any atom is -0.497 e. The molecule has 4 nitrogen and oxygen atoms in total. The third kappa shape index (κ3) is 4.29. The number of fused-ring (bicyclic) bond motifs is 1. The lowest BCUT2D eigenvalue weighted by Gasteiger charge is -2.32. The summed E-state index contributed by atoms with van der Waals surface area (Å²) in [5.41, 5.74) is 2.96. The zero-order valence-electron chi connectivity index (χ0n) is 14.9. The van der Waals surface area contributed by atoms with Crippen LogP contribution in [0.5, 0.6) is 5.75 Å². The highest BCUT2D eigenvalue weighted by atomic mass is 16.5. The predicted octanol–water partition coefficient (Wildman–Crippen LogP) is 3.15. The molecule has 0 heterocycles. The van der Waals surface area contributed by atoms with Crippen molar-refractivity contribution in [1.29, 1.82) is 0 Å². The molecule has 3 rings (SSSR count). The van der Waals surface area contributed by atoms with Crippen molar-refractivity contribution in [3.63, 3.8) is 0 Å². The molecule has 0 spiro atoms. The molecule has 1 aromatic carbocycles. The number of benzene rings is 1. The van der Waals surface area contributed by atoms with Gasteiger partial charge < -0.3 is 15.4 Å². The molecule has 132 valence electrons. The minimum absolute atomic E-state index is 0.0978. The largest absolute Gasteiger partial charge is 0.497 e. The van der Waals surface area contributed by atoms with Gasteiger partial charge in [0, 0.05) is 25.6 Å². The van der Waals surface area contributed by atoms with Gasteiger partial charge in [0.25, 0.3) is 0 Å². The van der Waals surface area contributed by atoms with Gasteiger partial charge in [0.2, 0.25) is 5.91 Å². The Hall–Kier alpha value is -1.55. The van der Waals surface area contributed by atoms with E-state index < -0.39 is 0 Å². The number of carbonyl (C=O) groups is 1. The lowest BCUT2D eigenvalue weighted by Crippen LogP contribution is -2.42. The van der Waals surface area contributed by atoms with Crippen LogP contribution in [0.15, 0.2) is 18.2 Å². The first-order valence-corrected chi connectivity index (χ1v) is 9.33. The van der Waals surface area contributed by atoms with E-state index >= 15 is 0 Å². The van der Waals surface area contributed by atoms with E-state index in [1.54, 1.807) is 14.0 Å². The molecule has 2 N–H and O–H groups in total. The molecule has 0 aromatic heterocycles. The van der Waals surface area contributed by atoms with Crippen molar-refractivity contribution in [2.45, 2.75) is 69.9 Å². The molecule has 1 aromatic rings. The van der Waals surface area contributed by atoms with E-state index in [0.717, 1.165) is 38.0 Å². The second-order valence-corrected chi connectivity index (χ2v) is 7.31. The maximum atomic E-state index is 11.2. The first-order valence-electron chi connectivity index (χ1n) is 9.33. The van der Waals surface area contributed by atoms with Gasteiger partial charge >= 0.3 is 0 Å². The second kappa shape index (κ2) is 8.02. The fourth-order valence-corrected chi connectivity index (χ4v) is 4.27. The fourth-order valence-electron chi connectivity index (χ4n) is 4.27. The van der Waals surface area contributed by atoms with Crippen molar-refractivity contribution < 1.29 is 9.53 Å². The summed E-state index contributed by atoms with van der Waals surface area (Å²) in [5.74, 6) is 1.69. The Kier molecular flexibility index (Phi) is 5.77. The number of methoxy groups -OCH3 is 1. The molecule has 2 aliphatic rings. The van der Waals surface area contributed by atoms with Crippen LogP contribution in [-0.2, 0) is 11.2 Å². The zero-order chi connectivity index (χ0) is 16.9. The summed E-state index contributed by atoms with van der Waals surface area (Å²) in [5, 5.41) is 6.84. The van der Waals surface area contributed by atoms with Gasteiger partial charge in [-0.05, 0) is 74.1 Å². The minimum atomic E-state index is 0.0978. The second-order valence-electron chi connectivity index (χ2n) is 7.31. The van der Waals surface area contributed by atoms with Crippen molar-refractivity contribution >= 4 is 5.91 Å². The number of aryl methyl sites for hydroxylation is 1. The van der Waals surface area contributed by atoms with Gasteiger partial charge in [-0.3, -0.25) is 4.79 Å². The Morgan fingerprint density at radius 2 is 1.92 bits per heavy atom. The van der Waals surface area contributed by atoms with Crippen LogP contribution in [0.2, 0.25) is 0 Å². The van der Waals surface area contributed by atoms with Crippen molar-refractivity contribution in [3.8, 4) is 5.75 Å². The van der Waals surface area contributed by atoms with Crippen LogP contribution in [0.25, 0.3) is 0 Å². The smallest absolute Gasteiger partial charge is 0.217 e. The van der Waals surface area contributed by atoms with Gasteiger partial charge in [-0.2, -0.15) is 0 Å². The third-order valence-corrected chi connectivity index (χ3v) is 5.58. The first kappa shape index (κ1) is 17.3. The van der Waals surface area contributed by atoms with E-state index in [-0.39, 0.29) is 5.91 Å². The molecule has 0 bridgehead atoms. The molecule has 1 saturated carbocycles. The number of rotatable bonds is 5. The normalized spacial score (nSPS) is 26.5. The molecule has 0 aliphatic heterocycles. The third-order valence-electron chi connectivity index (χ3n) is 5.58. The summed E-state index contributed by atoms with van der Waals surface area (Å²) < 4.78 is 5.36. The van der Waals surface area contributed by atoms with Gasteiger partial charge in [-0.15, -0.1) is 0 Å². The van der Waals surface area contributed by atoms with E-state index in [0.29, 0.717) is 18.0 Å². The van der Waals surface area contributed by atoms with Gasteiger partial charge in [-0.25, -0.2) is 0 Å². The summed E-state index contributed by atoms with van der Waals surface area (Å²) in [6.07, 6.45) is 8.21. The van der Waals surface area contributed by atoms with Gasteiger partial charge in [0.15, 0.2) is 0 Å². The number of carbonyl (C=O) groups excluding carboxylic acids is 1. The van der Waals surface area contributed by atoms with E-state index in [9.17, 15) is 4.79 Å². The summed E-state index contributed by atoms with van der Waals surface area (Å²) in [6.45, 7) is 2.68. The van der Waals surface area contributed by atoms with Crippen molar-refractivity contribution in [2.75, 3.05) is 13.7 Å². The van der Waals surface area contributed by atoms with Crippen molar-refractivity contribution in [2.24, 2.45) is 0 Å². The highest BCUT2D eigenvalue weighted by Crippen LogP contribution is 2.33. The fraction of sp³-hybridized carbons (Fsp3) is 0.650. The quantitative estimate of drug-likeness (QED) is 0.872. The van der Waals surface area contributed by atoms with Gasteiger partial charge in [-0.1, -0.05) is 6.07 Å². The van der Waals surface area contributed by atoms with Crippen LogP contribution in [-0.4, -0.2) is 31.6 Å². The Morgan fingerprint density at radius 1 is 1.17 bits per heavy atom. The average Bonchev–Trinajstić information content (AvgIpc) is 2.60. The molecule has 1 fully saturated rings. The SMILES string of the molecule is COc1ccc2c(c1)CCCC2CNC1CCC(NC(C)=O)CC1. The van der Waals surface area contributed by atoms with Crippen LogP contribution in [0.1, 0.15) is 62.5 Å². The van der Waals surface area contributed by atoms with Crippen LogP contribution in [0, 0.1) is 0 Å². The molecular weight excluding hydrogens is 300 g/mol. The highest BCUT2D eigenvalue weighted by Gasteiger charge is 2.24. The highest BCUT2D eigenvalue weighted by molar-refractivity contribution is 5.73. The van der Waals surface area contributed by atoms with Gasteiger partial charge in [0.1, 0.15) is 5.75 Å². The standard InChI is InChI=1S/C20H30N2O2/c1-14(23)22-18-8-6-17(7-9-18)21-13-16-5-3-4-15-12-19(24-2)10-11-20(15)16/h10-12,16-18,21H,3-9,13H2,1-2H3,(H,22,23). The van der Waals surface area contributed by atoms with E-state index in [1.807, 2.05) is 0 Å². The average molecular weight is 330 g/mol. The lowest BCUT2D eigenvalue weighted by atomic mass is 9.82. The van der Waals surface area contributed by atoms with Crippen LogP contribution in [0.3, 0.4) is 0 Å². The van der Waals surface area contributed by atoms with Crippen LogP contribution < -0.4 is 15.4 Å². The maximum Gasteiger partial charge on any atom is 0.217 e. The van der Waals surface area contributed by atoms with Crippen LogP contribution >= 0.6 is 0 Å². The van der Waals surface area contributed by atoms with Crippen molar-refractivity contribution in [1.82, 2.24) is 10.6 Å². The zero-order valence-corrected chi connectivity index (χ0v) is 14.9. The van der Waals surface area contributed by atoms with E-state index in [4.69, 9.17) is 4.74 Å². The Labute approximate surface area is 145 Å². The maximum absolute atomic E-state index is 11.2. The number of hydrogen-bond donors (Lipinski definition) is 2. The van der Waals surface area contributed by atoms with Crippen molar-refractivity contribution in [3.05, 3.63) is 29.3 Å². The van der Waals surface area contributed by atoms with Gasteiger partial charge in [0.05, 0.1) is 7.11 Å². The molecule has 0 saturated heterocycles. The van der Waals surface area contributed by atoms with E-state index in [2.05, 4.69) is 28.8 Å². The van der Waals surface area contributed by atoms with Crippen LogP contribution in [0.4, 0.5) is 0 Å². The topological polar surface area (TPSA) is 50.4 Å². The monoisotopic (exact) mass is 330 g/mol. The summed E-state index contributed by atoms with van der Waals surface area (Å²) in [6, 6.07) is 7.53. The molecule has 1 unspecified atom stereocenters. The number of ether oxygens (including phenoxy) is 1. The Bertz CT molecular complexity index is 565. The molecule has 24 heavy (non-hydrogen) atoms. The molecule has 2 aliphatic carbocycles. The molecule has 0 radical (unpaired) electrons. The molecule has 4 heteroatoms. The van der Waals surface area contributed by atoms with E-state index in [1.165, 1.54) is 30.4 Å². The number of hydrogen-bond acceptors (Lipinski definition) is 3. The number of amides is 1. The molecule has 1 atom stereocenters.